The number of carbonyl (C=O) groups excluding carboxylic acids is 1. The number of carboxylic acids is 1. The largest absolute Gasteiger partial charge is 0.481 e. The van der Waals surface area contributed by atoms with Crippen LogP contribution in [-0.2, 0) is 4.79 Å². The fraction of sp³-hybridized carbons (Fsp3) is 0.556. The first-order valence-corrected chi connectivity index (χ1v) is 8.83. The van der Waals surface area contributed by atoms with Crippen LogP contribution in [-0.4, -0.2) is 37.6 Å². The molecule has 1 aliphatic rings. The molecule has 1 amide bonds. The van der Waals surface area contributed by atoms with Gasteiger partial charge in [-0.3, -0.25) is 9.59 Å². The number of amides is 1. The number of nitrogens with one attached hydrogen (secondary N) is 1. The van der Waals surface area contributed by atoms with Crippen LogP contribution in [0, 0.1) is 19.8 Å². The first-order chi connectivity index (χ1) is 12.0. The molecule has 25 heavy (non-hydrogen) atoms. The van der Waals surface area contributed by atoms with E-state index in [2.05, 4.69) is 15.4 Å². The fourth-order valence-electron chi connectivity index (χ4n) is 3.63. The Balaban J connectivity index is 1.86. The molecule has 0 bridgehead atoms. The number of fused-ring (bicyclic) bond motifs is 1. The molecule has 0 radical (unpaired) electrons. The van der Waals surface area contributed by atoms with Crippen LogP contribution in [0.15, 0.2) is 12.3 Å². The smallest absolute Gasteiger partial charge is 0.308 e. The first-order valence-electron chi connectivity index (χ1n) is 8.83. The first kappa shape index (κ1) is 17.4. The van der Waals surface area contributed by atoms with Crippen LogP contribution < -0.4 is 5.32 Å². The van der Waals surface area contributed by atoms with Crippen LogP contribution in [0.2, 0.25) is 0 Å². The van der Waals surface area contributed by atoms with Gasteiger partial charge in [-0.1, -0.05) is 25.7 Å². The summed E-state index contributed by atoms with van der Waals surface area (Å²) in [5.74, 6) is -1.68. The molecule has 1 aliphatic carbocycles. The van der Waals surface area contributed by atoms with Gasteiger partial charge in [-0.25, -0.2) is 9.50 Å². The van der Waals surface area contributed by atoms with Gasteiger partial charge in [-0.15, -0.1) is 0 Å². The maximum Gasteiger partial charge on any atom is 0.308 e. The average Bonchev–Trinajstić information content (AvgIpc) is 2.93. The summed E-state index contributed by atoms with van der Waals surface area (Å²) < 4.78 is 1.63. The van der Waals surface area contributed by atoms with Crippen LogP contribution in [0.4, 0.5) is 0 Å². The van der Waals surface area contributed by atoms with E-state index in [1.807, 2.05) is 19.9 Å². The van der Waals surface area contributed by atoms with Gasteiger partial charge in [0.1, 0.15) is 5.56 Å². The number of aliphatic carboxylic acids is 1. The summed E-state index contributed by atoms with van der Waals surface area (Å²) in [4.78, 5) is 28.8. The molecule has 0 spiro atoms. The molecular weight excluding hydrogens is 320 g/mol. The average molecular weight is 344 g/mol. The Labute approximate surface area is 146 Å². The second-order valence-corrected chi connectivity index (χ2v) is 6.85. The molecule has 0 unspecified atom stereocenters. The molecule has 2 aromatic heterocycles. The lowest BCUT2D eigenvalue weighted by atomic mass is 9.86. The predicted molar refractivity (Wildman–Crippen MR) is 92.5 cm³/mol. The summed E-state index contributed by atoms with van der Waals surface area (Å²) in [6.07, 6.45) is 6.75. The molecule has 2 aromatic rings. The molecule has 2 N–H and O–H groups in total. The van der Waals surface area contributed by atoms with E-state index in [9.17, 15) is 14.7 Å². The number of carbonyl (C=O) groups is 2. The van der Waals surface area contributed by atoms with Gasteiger partial charge in [-0.2, -0.15) is 5.10 Å². The van der Waals surface area contributed by atoms with E-state index in [0.29, 0.717) is 24.1 Å². The van der Waals surface area contributed by atoms with Gasteiger partial charge in [0.2, 0.25) is 0 Å². The van der Waals surface area contributed by atoms with Gasteiger partial charge >= 0.3 is 5.97 Å². The zero-order valence-corrected chi connectivity index (χ0v) is 14.7. The van der Waals surface area contributed by atoms with E-state index in [-0.39, 0.29) is 11.9 Å². The molecule has 0 aliphatic heterocycles. The number of aryl methyl sites for hydroxylation is 2. The van der Waals surface area contributed by atoms with Crippen molar-refractivity contribution >= 4 is 17.5 Å². The molecule has 2 heterocycles. The Morgan fingerprint density at radius 1 is 1.20 bits per heavy atom. The molecule has 7 nitrogen and oxygen atoms in total. The quantitative estimate of drug-likeness (QED) is 0.892. The zero-order valence-electron chi connectivity index (χ0n) is 14.7. The molecule has 7 heteroatoms. The third-order valence-corrected chi connectivity index (χ3v) is 4.92. The summed E-state index contributed by atoms with van der Waals surface area (Å²) in [5.41, 5.74) is 2.61. The van der Waals surface area contributed by atoms with Crippen molar-refractivity contribution in [1.82, 2.24) is 19.9 Å². The van der Waals surface area contributed by atoms with Gasteiger partial charge in [0.15, 0.2) is 5.65 Å². The van der Waals surface area contributed by atoms with Crippen molar-refractivity contribution in [2.24, 2.45) is 5.92 Å². The molecule has 0 aromatic carbocycles. The lowest BCUT2D eigenvalue weighted by Crippen LogP contribution is -2.44. The topological polar surface area (TPSA) is 96.6 Å². The Morgan fingerprint density at radius 2 is 1.92 bits per heavy atom. The molecule has 0 saturated heterocycles. The third kappa shape index (κ3) is 3.65. The number of hydrogen-bond acceptors (Lipinski definition) is 4. The lowest BCUT2D eigenvalue weighted by molar-refractivity contribution is -0.143. The van der Waals surface area contributed by atoms with Crippen LogP contribution in [0.5, 0.6) is 0 Å². The van der Waals surface area contributed by atoms with Gasteiger partial charge in [0, 0.05) is 17.4 Å². The van der Waals surface area contributed by atoms with E-state index in [0.717, 1.165) is 37.1 Å². The van der Waals surface area contributed by atoms with Gasteiger partial charge in [0.25, 0.3) is 5.91 Å². The fourth-order valence-corrected chi connectivity index (χ4v) is 3.63. The summed E-state index contributed by atoms with van der Waals surface area (Å²) in [7, 11) is 0. The number of nitrogens with zero attached hydrogens (tertiary/aromatic N) is 3. The number of rotatable bonds is 3. The Kier molecular flexibility index (Phi) is 5.01. The molecule has 1 fully saturated rings. The van der Waals surface area contributed by atoms with Gasteiger partial charge in [0.05, 0.1) is 12.1 Å². The highest BCUT2D eigenvalue weighted by atomic mass is 16.4. The van der Waals surface area contributed by atoms with E-state index in [1.165, 1.54) is 6.20 Å². The predicted octanol–water partition coefficient (Wildman–Crippen LogP) is 2.50. The number of aromatic nitrogens is 3. The molecule has 1 saturated carbocycles. The van der Waals surface area contributed by atoms with E-state index in [1.54, 1.807) is 4.52 Å². The zero-order chi connectivity index (χ0) is 18.0. The highest BCUT2D eigenvalue weighted by Gasteiger charge is 2.30. The summed E-state index contributed by atoms with van der Waals surface area (Å²) >= 11 is 0. The van der Waals surface area contributed by atoms with E-state index in [4.69, 9.17) is 0 Å². The van der Waals surface area contributed by atoms with Crippen molar-refractivity contribution in [2.75, 3.05) is 0 Å². The highest BCUT2D eigenvalue weighted by molar-refractivity contribution is 6.00. The summed E-state index contributed by atoms with van der Waals surface area (Å²) in [6.45, 7) is 3.78. The summed E-state index contributed by atoms with van der Waals surface area (Å²) in [5, 5.41) is 16.7. The van der Waals surface area contributed by atoms with Crippen molar-refractivity contribution in [3.63, 3.8) is 0 Å². The molecular formula is C18H24N4O3. The van der Waals surface area contributed by atoms with E-state index < -0.39 is 11.9 Å². The van der Waals surface area contributed by atoms with Gasteiger partial charge < -0.3 is 10.4 Å². The maximum absolute atomic E-state index is 12.8. The van der Waals surface area contributed by atoms with Crippen molar-refractivity contribution in [3.8, 4) is 0 Å². The number of carboxylic acid groups (broad SMARTS) is 1. The van der Waals surface area contributed by atoms with Crippen LogP contribution >= 0.6 is 0 Å². The van der Waals surface area contributed by atoms with Crippen molar-refractivity contribution in [1.29, 1.82) is 0 Å². The molecule has 134 valence electrons. The maximum atomic E-state index is 12.8. The minimum absolute atomic E-state index is 0.302. The summed E-state index contributed by atoms with van der Waals surface area (Å²) in [6, 6.07) is 1.54. The van der Waals surface area contributed by atoms with Crippen LogP contribution in [0.25, 0.3) is 5.65 Å². The Morgan fingerprint density at radius 3 is 2.64 bits per heavy atom. The lowest BCUT2D eigenvalue weighted by Gasteiger charge is -2.27. The Hall–Kier alpha value is -2.44. The second kappa shape index (κ2) is 7.21. The molecule has 3 rings (SSSR count). The number of hydrogen-bond donors (Lipinski definition) is 2. The van der Waals surface area contributed by atoms with Crippen molar-refractivity contribution < 1.29 is 14.7 Å². The monoisotopic (exact) mass is 344 g/mol. The van der Waals surface area contributed by atoms with Crippen LogP contribution in [0.3, 0.4) is 0 Å². The Bertz CT molecular complexity index is 799. The third-order valence-electron chi connectivity index (χ3n) is 4.92. The minimum Gasteiger partial charge on any atom is -0.481 e. The normalized spacial score (nSPS) is 21.5. The van der Waals surface area contributed by atoms with Crippen molar-refractivity contribution in [2.45, 2.75) is 58.4 Å². The van der Waals surface area contributed by atoms with Crippen molar-refractivity contribution in [3.05, 3.63) is 29.2 Å². The van der Waals surface area contributed by atoms with Crippen LogP contribution in [0.1, 0.15) is 60.3 Å². The van der Waals surface area contributed by atoms with E-state index >= 15 is 0 Å². The minimum atomic E-state index is -0.836. The highest BCUT2D eigenvalue weighted by Crippen LogP contribution is 2.24. The second-order valence-electron chi connectivity index (χ2n) is 6.85. The SMILES string of the molecule is Cc1cc(C)n2ncc(C(=O)N[C@@H]3CCCCCC[C@@H]3C(=O)O)c2n1. The standard InChI is InChI=1S/C18H24N4O3/c1-11-9-12(2)22-16(20-11)14(10-19-22)17(23)21-15-8-6-4-3-5-7-13(15)18(24)25/h9-10,13,15H,3-8H2,1-2H3,(H,21,23)(H,24,25)/t13-,15+/m0/s1. The molecule has 2 atom stereocenters. The van der Waals surface area contributed by atoms with Gasteiger partial charge in [-0.05, 0) is 32.8 Å².